The highest BCUT2D eigenvalue weighted by Gasteiger charge is 2.28. The van der Waals surface area contributed by atoms with Crippen LogP contribution in [0.15, 0.2) is 36.0 Å². The Morgan fingerprint density at radius 1 is 1.19 bits per heavy atom. The number of hydrogen-bond donors (Lipinski definition) is 1. The maximum absolute atomic E-state index is 13.4. The molecule has 1 amide bonds. The van der Waals surface area contributed by atoms with Crippen molar-refractivity contribution in [1.82, 2.24) is 4.90 Å². The number of anilines is 1. The number of likely N-dealkylation sites (N-methyl/N-ethyl adjacent to an activating group) is 1. The summed E-state index contributed by atoms with van der Waals surface area (Å²) in [7, 11) is 3.50. The molecule has 7 nitrogen and oxygen atoms in total. The maximum atomic E-state index is 13.4. The maximum Gasteiger partial charge on any atom is 0.231 e. The topological polar surface area (TPSA) is 77.1 Å². The minimum Gasteiger partial charge on any atom is -0.492 e. The first-order valence-electron chi connectivity index (χ1n) is 10.7. The summed E-state index contributed by atoms with van der Waals surface area (Å²) < 4.78 is 16.8. The minimum atomic E-state index is -0.0971. The van der Waals surface area contributed by atoms with E-state index in [9.17, 15) is 9.59 Å². The molecular formula is C25H28N2O5. The SMILES string of the molecule is COc1c2c(cc3c1OCO3)CCN(C)C(C(=O)c1ccc(NC(=O)CC(C)C)cc1)=C2. The number of hydrogen-bond acceptors (Lipinski definition) is 6. The van der Waals surface area contributed by atoms with Crippen LogP contribution in [0.25, 0.3) is 6.08 Å². The van der Waals surface area contributed by atoms with Gasteiger partial charge in [-0.25, -0.2) is 0 Å². The lowest BCUT2D eigenvalue weighted by Crippen LogP contribution is -2.24. The summed E-state index contributed by atoms with van der Waals surface area (Å²) in [5, 5.41) is 2.87. The molecule has 1 N–H and O–H groups in total. The highest BCUT2D eigenvalue weighted by atomic mass is 16.7. The van der Waals surface area contributed by atoms with Crippen molar-refractivity contribution in [2.24, 2.45) is 5.92 Å². The number of ether oxygens (including phenoxy) is 3. The van der Waals surface area contributed by atoms with Crippen molar-refractivity contribution in [2.45, 2.75) is 26.7 Å². The van der Waals surface area contributed by atoms with Crippen molar-refractivity contribution in [3.05, 3.63) is 52.7 Å². The number of methoxy groups -OCH3 is 1. The van der Waals surface area contributed by atoms with Gasteiger partial charge in [0.1, 0.15) is 0 Å². The molecule has 7 heteroatoms. The zero-order valence-corrected chi connectivity index (χ0v) is 18.9. The van der Waals surface area contributed by atoms with Gasteiger partial charge in [0.05, 0.1) is 12.8 Å². The molecule has 0 bridgehead atoms. The summed E-state index contributed by atoms with van der Waals surface area (Å²) in [6.07, 6.45) is 3.06. The average Bonchev–Trinajstić information content (AvgIpc) is 3.16. The van der Waals surface area contributed by atoms with Crippen LogP contribution in [0.2, 0.25) is 0 Å². The number of nitrogens with zero attached hydrogens (tertiary/aromatic N) is 1. The first-order chi connectivity index (χ1) is 15.4. The van der Waals surface area contributed by atoms with Crippen molar-refractivity contribution in [3.8, 4) is 17.2 Å². The second kappa shape index (κ2) is 8.94. The van der Waals surface area contributed by atoms with E-state index < -0.39 is 0 Å². The Kier molecular flexibility index (Phi) is 6.08. The van der Waals surface area contributed by atoms with E-state index in [1.54, 1.807) is 31.4 Å². The lowest BCUT2D eigenvalue weighted by Gasteiger charge is -2.20. The minimum absolute atomic E-state index is 0.0345. The number of amides is 1. The van der Waals surface area contributed by atoms with E-state index >= 15 is 0 Å². The molecule has 0 saturated carbocycles. The van der Waals surface area contributed by atoms with Crippen LogP contribution in [0.1, 0.15) is 41.8 Å². The van der Waals surface area contributed by atoms with Gasteiger partial charge in [-0.1, -0.05) is 13.8 Å². The summed E-state index contributed by atoms with van der Waals surface area (Å²) in [5.41, 5.74) is 3.67. The second-order valence-corrected chi connectivity index (χ2v) is 8.47. The van der Waals surface area contributed by atoms with E-state index in [1.807, 2.05) is 37.9 Å². The fourth-order valence-electron chi connectivity index (χ4n) is 3.98. The molecule has 2 aromatic rings. The smallest absolute Gasteiger partial charge is 0.231 e. The quantitative estimate of drug-likeness (QED) is 0.687. The zero-order valence-electron chi connectivity index (χ0n) is 18.9. The Labute approximate surface area is 188 Å². The van der Waals surface area contributed by atoms with Gasteiger partial charge >= 0.3 is 0 Å². The predicted octanol–water partition coefficient (Wildman–Crippen LogP) is 4.12. The molecule has 0 aromatic heterocycles. The predicted molar refractivity (Wildman–Crippen MR) is 122 cm³/mol. The van der Waals surface area contributed by atoms with Crippen LogP contribution in [0.5, 0.6) is 17.2 Å². The molecule has 0 spiro atoms. The largest absolute Gasteiger partial charge is 0.492 e. The third kappa shape index (κ3) is 4.28. The summed E-state index contributed by atoms with van der Waals surface area (Å²) in [4.78, 5) is 27.3. The van der Waals surface area contributed by atoms with Gasteiger partial charge in [0.25, 0.3) is 0 Å². The van der Waals surface area contributed by atoms with Crippen LogP contribution >= 0.6 is 0 Å². The Balaban J connectivity index is 1.63. The van der Waals surface area contributed by atoms with Crippen LogP contribution in [0.3, 0.4) is 0 Å². The molecule has 2 aliphatic heterocycles. The van der Waals surface area contributed by atoms with Gasteiger partial charge in [0.2, 0.25) is 24.2 Å². The number of Topliss-reactive ketones (excluding diaryl/α,β-unsaturated/α-hetero) is 1. The van der Waals surface area contributed by atoms with E-state index in [4.69, 9.17) is 14.2 Å². The standard InChI is InChI=1S/C25H28N2O5/c1-15(2)11-22(28)26-18-7-5-16(6-8-18)23(29)20-13-19-17(9-10-27(20)3)12-21-25(24(19)30-4)32-14-31-21/h5-8,12-13,15H,9-11,14H2,1-4H3,(H,26,28). The molecule has 2 aliphatic rings. The van der Waals surface area contributed by atoms with Crippen LogP contribution in [-0.4, -0.2) is 44.1 Å². The average molecular weight is 437 g/mol. The number of benzene rings is 2. The third-order valence-corrected chi connectivity index (χ3v) is 5.61. The summed E-state index contributed by atoms with van der Waals surface area (Å²) in [6.45, 7) is 4.83. The summed E-state index contributed by atoms with van der Waals surface area (Å²) >= 11 is 0. The van der Waals surface area contributed by atoms with Crippen molar-refractivity contribution in [2.75, 3.05) is 32.8 Å². The molecule has 2 heterocycles. The molecule has 0 atom stereocenters. The first-order valence-corrected chi connectivity index (χ1v) is 10.7. The Morgan fingerprint density at radius 3 is 2.62 bits per heavy atom. The van der Waals surface area contributed by atoms with E-state index in [0.29, 0.717) is 47.2 Å². The van der Waals surface area contributed by atoms with E-state index in [0.717, 1.165) is 17.5 Å². The van der Waals surface area contributed by atoms with Gasteiger partial charge in [0, 0.05) is 36.8 Å². The van der Waals surface area contributed by atoms with Crippen LogP contribution in [0, 0.1) is 5.92 Å². The number of allylic oxidation sites excluding steroid dienone is 1. The number of fused-ring (bicyclic) bond motifs is 2. The summed E-state index contributed by atoms with van der Waals surface area (Å²) in [5.74, 6) is 1.97. The van der Waals surface area contributed by atoms with Crippen molar-refractivity contribution in [1.29, 1.82) is 0 Å². The Morgan fingerprint density at radius 2 is 1.94 bits per heavy atom. The monoisotopic (exact) mass is 436 g/mol. The van der Waals surface area contributed by atoms with Gasteiger partial charge in [-0.3, -0.25) is 9.59 Å². The first kappa shape index (κ1) is 21.7. The third-order valence-electron chi connectivity index (χ3n) is 5.61. The number of nitrogens with one attached hydrogen (secondary N) is 1. The zero-order chi connectivity index (χ0) is 22.8. The molecule has 168 valence electrons. The van der Waals surface area contributed by atoms with Crippen LogP contribution < -0.4 is 19.5 Å². The molecule has 4 rings (SSSR count). The number of carbonyl (C=O) groups excluding carboxylic acids is 2. The highest BCUT2D eigenvalue weighted by Crippen LogP contribution is 2.46. The normalized spacial score (nSPS) is 14.5. The van der Waals surface area contributed by atoms with Crippen LogP contribution in [-0.2, 0) is 11.2 Å². The van der Waals surface area contributed by atoms with Gasteiger partial charge in [0.15, 0.2) is 11.5 Å². The Bertz CT molecular complexity index is 1070. The number of ketones is 1. The second-order valence-electron chi connectivity index (χ2n) is 8.47. The molecule has 2 aromatic carbocycles. The molecule has 0 unspecified atom stereocenters. The highest BCUT2D eigenvalue weighted by molar-refractivity contribution is 6.11. The van der Waals surface area contributed by atoms with E-state index in [2.05, 4.69) is 5.32 Å². The molecule has 0 aliphatic carbocycles. The number of carbonyl (C=O) groups is 2. The van der Waals surface area contributed by atoms with Gasteiger partial charge in [-0.05, 0) is 54.3 Å². The molecular weight excluding hydrogens is 408 g/mol. The van der Waals surface area contributed by atoms with Crippen LogP contribution in [0.4, 0.5) is 5.69 Å². The lowest BCUT2D eigenvalue weighted by molar-refractivity contribution is -0.116. The van der Waals surface area contributed by atoms with Crippen molar-refractivity contribution < 1.29 is 23.8 Å². The van der Waals surface area contributed by atoms with E-state index in [-0.39, 0.29) is 24.4 Å². The van der Waals surface area contributed by atoms with Gasteiger partial charge in [-0.15, -0.1) is 0 Å². The van der Waals surface area contributed by atoms with Gasteiger partial charge < -0.3 is 24.4 Å². The fraction of sp³-hybridized carbons (Fsp3) is 0.360. The van der Waals surface area contributed by atoms with Crippen molar-refractivity contribution >= 4 is 23.5 Å². The number of rotatable bonds is 6. The summed E-state index contributed by atoms with van der Waals surface area (Å²) in [6, 6.07) is 8.96. The molecule has 0 saturated heterocycles. The van der Waals surface area contributed by atoms with Gasteiger partial charge in [-0.2, -0.15) is 0 Å². The molecule has 32 heavy (non-hydrogen) atoms. The molecule has 0 fully saturated rings. The van der Waals surface area contributed by atoms with Crippen molar-refractivity contribution in [3.63, 3.8) is 0 Å². The van der Waals surface area contributed by atoms with E-state index in [1.165, 1.54) is 0 Å². The fourth-order valence-corrected chi connectivity index (χ4v) is 3.98. The lowest BCUT2D eigenvalue weighted by atomic mass is 10.0. The Hall–Kier alpha value is -3.48. The molecule has 0 radical (unpaired) electrons.